The van der Waals surface area contributed by atoms with Crippen molar-refractivity contribution in [2.45, 2.75) is 0 Å². The minimum absolute atomic E-state index is 0.337. The minimum atomic E-state index is -0.337. The van der Waals surface area contributed by atoms with E-state index in [1.165, 1.54) is 4.68 Å². The fourth-order valence-corrected chi connectivity index (χ4v) is 2.57. The monoisotopic (exact) mass is 314 g/mol. The van der Waals surface area contributed by atoms with Crippen LogP contribution in [0.1, 0.15) is 0 Å². The highest BCUT2D eigenvalue weighted by atomic mass is 16.2. The SMILES string of the molecule is O=C(Nc1ccc(-c2ccccc2)cc1)n1nnc2ccccc21. The molecule has 0 aliphatic carbocycles. The smallest absolute Gasteiger partial charge is 0.306 e. The fourth-order valence-electron chi connectivity index (χ4n) is 2.57. The summed E-state index contributed by atoms with van der Waals surface area (Å²) in [7, 11) is 0. The molecule has 0 spiro atoms. The van der Waals surface area contributed by atoms with E-state index in [2.05, 4.69) is 27.8 Å². The van der Waals surface area contributed by atoms with Crippen molar-refractivity contribution in [1.29, 1.82) is 0 Å². The number of carbonyl (C=O) groups is 1. The van der Waals surface area contributed by atoms with Crippen LogP contribution < -0.4 is 5.32 Å². The van der Waals surface area contributed by atoms with Gasteiger partial charge in [0, 0.05) is 5.69 Å². The number of fused-ring (bicyclic) bond motifs is 1. The number of rotatable bonds is 2. The first kappa shape index (κ1) is 14.1. The Balaban J connectivity index is 1.56. The van der Waals surface area contributed by atoms with Gasteiger partial charge < -0.3 is 5.32 Å². The Morgan fingerprint density at radius 2 is 1.46 bits per heavy atom. The molecule has 0 fully saturated rings. The van der Waals surface area contributed by atoms with Crippen molar-refractivity contribution in [3.05, 3.63) is 78.9 Å². The van der Waals surface area contributed by atoms with Crippen LogP contribution >= 0.6 is 0 Å². The van der Waals surface area contributed by atoms with Gasteiger partial charge >= 0.3 is 6.03 Å². The van der Waals surface area contributed by atoms with Gasteiger partial charge in [0.1, 0.15) is 5.52 Å². The van der Waals surface area contributed by atoms with Gasteiger partial charge in [0.05, 0.1) is 5.52 Å². The highest BCUT2D eigenvalue weighted by Crippen LogP contribution is 2.21. The van der Waals surface area contributed by atoms with Crippen LogP contribution in [0.4, 0.5) is 10.5 Å². The van der Waals surface area contributed by atoms with Crippen LogP contribution in [0.25, 0.3) is 22.2 Å². The summed E-state index contributed by atoms with van der Waals surface area (Å²) in [5.41, 5.74) is 4.31. The van der Waals surface area contributed by atoms with Crippen molar-refractivity contribution in [3.63, 3.8) is 0 Å². The van der Waals surface area contributed by atoms with E-state index in [4.69, 9.17) is 0 Å². The number of amides is 1. The van der Waals surface area contributed by atoms with Gasteiger partial charge in [-0.25, -0.2) is 4.79 Å². The Morgan fingerprint density at radius 1 is 0.792 bits per heavy atom. The quantitative estimate of drug-likeness (QED) is 0.604. The van der Waals surface area contributed by atoms with Crippen LogP contribution in [-0.2, 0) is 0 Å². The second kappa shape index (κ2) is 5.96. The molecule has 4 aromatic rings. The molecular formula is C19H14N4O. The summed E-state index contributed by atoms with van der Waals surface area (Å²) >= 11 is 0. The lowest BCUT2D eigenvalue weighted by atomic mass is 10.1. The van der Waals surface area contributed by atoms with E-state index in [1.807, 2.05) is 66.7 Å². The number of aromatic nitrogens is 3. The molecular weight excluding hydrogens is 300 g/mol. The average Bonchev–Trinajstić information content (AvgIpc) is 3.07. The molecule has 24 heavy (non-hydrogen) atoms. The summed E-state index contributed by atoms with van der Waals surface area (Å²) in [5.74, 6) is 0. The van der Waals surface area contributed by atoms with E-state index in [-0.39, 0.29) is 6.03 Å². The fraction of sp³-hybridized carbons (Fsp3) is 0. The Hall–Kier alpha value is -3.47. The number of carbonyl (C=O) groups excluding carboxylic acids is 1. The summed E-state index contributed by atoms with van der Waals surface area (Å²) < 4.78 is 1.26. The van der Waals surface area contributed by atoms with Crippen LogP contribution in [0.5, 0.6) is 0 Å². The van der Waals surface area contributed by atoms with Gasteiger partial charge in [-0.1, -0.05) is 59.8 Å². The van der Waals surface area contributed by atoms with E-state index < -0.39 is 0 Å². The molecule has 0 atom stereocenters. The first-order chi connectivity index (χ1) is 11.8. The summed E-state index contributed by atoms with van der Waals surface area (Å²) in [6.07, 6.45) is 0. The van der Waals surface area contributed by atoms with Gasteiger partial charge in [-0.05, 0) is 35.4 Å². The van der Waals surface area contributed by atoms with Gasteiger partial charge in [-0.2, -0.15) is 4.68 Å². The lowest BCUT2D eigenvalue weighted by molar-refractivity contribution is 0.251. The first-order valence-corrected chi connectivity index (χ1v) is 7.58. The highest BCUT2D eigenvalue weighted by Gasteiger charge is 2.11. The number of nitrogens with one attached hydrogen (secondary N) is 1. The van der Waals surface area contributed by atoms with E-state index in [0.717, 1.165) is 11.1 Å². The molecule has 0 saturated carbocycles. The van der Waals surface area contributed by atoms with Crippen molar-refractivity contribution < 1.29 is 4.79 Å². The van der Waals surface area contributed by atoms with Crippen molar-refractivity contribution in [3.8, 4) is 11.1 Å². The third kappa shape index (κ3) is 2.63. The number of anilines is 1. The molecule has 1 heterocycles. The van der Waals surface area contributed by atoms with Gasteiger partial charge in [0.15, 0.2) is 0 Å². The largest absolute Gasteiger partial charge is 0.348 e. The maximum Gasteiger partial charge on any atom is 0.348 e. The lowest BCUT2D eigenvalue weighted by Crippen LogP contribution is -2.20. The number of nitrogens with zero attached hydrogens (tertiary/aromatic N) is 3. The van der Waals surface area contributed by atoms with E-state index in [1.54, 1.807) is 0 Å². The van der Waals surface area contributed by atoms with Crippen molar-refractivity contribution in [1.82, 2.24) is 15.0 Å². The maximum atomic E-state index is 12.4. The standard InChI is InChI=1S/C19H14N4O/c24-19(23-18-9-5-4-8-17(18)21-22-23)20-16-12-10-15(11-13-16)14-6-2-1-3-7-14/h1-13H,(H,20,24). The predicted molar refractivity (Wildman–Crippen MR) is 93.8 cm³/mol. The molecule has 1 N–H and O–H groups in total. The summed E-state index contributed by atoms with van der Waals surface area (Å²) in [4.78, 5) is 12.4. The molecule has 5 heteroatoms. The molecule has 1 aromatic heterocycles. The molecule has 0 aliphatic heterocycles. The zero-order valence-corrected chi connectivity index (χ0v) is 12.8. The Morgan fingerprint density at radius 3 is 2.25 bits per heavy atom. The molecule has 3 aromatic carbocycles. The van der Waals surface area contributed by atoms with Crippen LogP contribution in [0.3, 0.4) is 0 Å². The van der Waals surface area contributed by atoms with Crippen LogP contribution in [0, 0.1) is 0 Å². The van der Waals surface area contributed by atoms with Crippen LogP contribution in [0.15, 0.2) is 78.9 Å². The van der Waals surface area contributed by atoms with E-state index in [9.17, 15) is 4.79 Å². The van der Waals surface area contributed by atoms with Gasteiger partial charge in [-0.15, -0.1) is 5.10 Å². The first-order valence-electron chi connectivity index (χ1n) is 7.58. The molecule has 0 saturated heterocycles. The third-order valence-corrected chi connectivity index (χ3v) is 3.79. The number of hydrogen-bond donors (Lipinski definition) is 1. The Bertz CT molecular complexity index is 991. The predicted octanol–water partition coefficient (Wildman–Crippen LogP) is 4.18. The molecule has 0 radical (unpaired) electrons. The molecule has 1 amide bonds. The summed E-state index contributed by atoms with van der Waals surface area (Å²) in [6, 6.07) is 24.8. The maximum absolute atomic E-state index is 12.4. The number of hydrogen-bond acceptors (Lipinski definition) is 3. The van der Waals surface area contributed by atoms with E-state index in [0.29, 0.717) is 16.7 Å². The second-order valence-corrected chi connectivity index (χ2v) is 5.36. The van der Waals surface area contributed by atoms with Crippen LogP contribution in [-0.4, -0.2) is 21.0 Å². The number of benzene rings is 3. The number of para-hydroxylation sites is 1. The zero-order valence-electron chi connectivity index (χ0n) is 12.8. The molecule has 116 valence electrons. The van der Waals surface area contributed by atoms with Crippen molar-refractivity contribution in [2.24, 2.45) is 0 Å². The topological polar surface area (TPSA) is 59.8 Å². The summed E-state index contributed by atoms with van der Waals surface area (Å²) in [5, 5.41) is 10.7. The Labute approximate surface area is 138 Å². The third-order valence-electron chi connectivity index (χ3n) is 3.79. The van der Waals surface area contributed by atoms with Gasteiger partial charge in [-0.3, -0.25) is 0 Å². The highest BCUT2D eigenvalue weighted by molar-refractivity contribution is 5.96. The minimum Gasteiger partial charge on any atom is -0.306 e. The molecule has 5 nitrogen and oxygen atoms in total. The van der Waals surface area contributed by atoms with E-state index >= 15 is 0 Å². The molecule has 0 aliphatic rings. The molecule has 4 rings (SSSR count). The average molecular weight is 314 g/mol. The molecule has 0 bridgehead atoms. The second-order valence-electron chi connectivity index (χ2n) is 5.36. The Kier molecular flexibility index (Phi) is 3.51. The lowest BCUT2D eigenvalue weighted by Gasteiger charge is -2.07. The van der Waals surface area contributed by atoms with Gasteiger partial charge in [0.2, 0.25) is 0 Å². The van der Waals surface area contributed by atoms with Crippen molar-refractivity contribution >= 4 is 22.8 Å². The van der Waals surface area contributed by atoms with Gasteiger partial charge in [0.25, 0.3) is 0 Å². The van der Waals surface area contributed by atoms with Crippen LogP contribution in [0.2, 0.25) is 0 Å². The van der Waals surface area contributed by atoms with Crippen molar-refractivity contribution in [2.75, 3.05) is 5.32 Å². The normalized spacial score (nSPS) is 10.7. The zero-order chi connectivity index (χ0) is 16.4. The molecule has 0 unspecified atom stereocenters. The summed E-state index contributed by atoms with van der Waals surface area (Å²) in [6.45, 7) is 0.